The number of aromatic amines is 1. The number of anilines is 1. The lowest BCUT2D eigenvalue weighted by Crippen LogP contribution is -2.18. The quantitative estimate of drug-likeness (QED) is 0.680. The van der Waals surface area contributed by atoms with Gasteiger partial charge in [0.2, 0.25) is 5.89 Å². The van der Waals surface area contributed by atoms with Crippen LogP contribution in [0.3, 0.4) is 0 Å². The number of aromatic nitrogens is 5. The Balaban J connectivity index is 1.39. The van der Waals surface area contributed by atoms with E-state index in [1.165, 1.54) is 24.1 Å². The van der Waals surface area contributed by atoms with Gasteiger partial charge in [-0.3, -0.25) is 10.1 Å². The van der Waals surface area contributed by atoms with Crippen molar-refractivity contribution in [1.82, 2.24) is 25.4 Å². The summed E-state index contributed by atoms with van der Waals surface area (Å²) in [4.78, 5) is 7.10. The van der Waals surface area contributed by atoms with Crippen molar-refractivity contribution in [2.24, 2.45) is 0 Å². The molecular formula is C17H20N6OS. The fraction of sp³-hybridized carbons (Fsp3) is 0.412. The zero-order valence-electron chi connectivity index (χ0n) is 14.1. The van der Waals surface area contributed by atoms with Gasteiger partial charge in [-0.15, -0.1) is 16.9 Å². The Labute approximate surface area is 150 Å². The van der Waals surface area contributed by atoms with Crippen molar-refractivity contribution in [2.75, 3.05) is 11.9 Å². The van der Waals surface area contributed by atoms with Crippen LogP contribution in [0.25, 0.3) is 0 Å². The fourth-order valence-corrected chi connectivity index (χ4v) is 3.73. The molecule has 0 amide bonds. The molecule has 0 fully saturated rings. The third-order valence-corrected chi connectivity index (χ3v) is 5.32. The molecule has 0 radical (unpaired) electrons. The number of nitrogens with one attached hydrogen (secondary N) is 1. The molecule has 130 valence electrons. The number of rotatable bonds is 6. The molecule has 25 heavy (non-hydrogen) atoms. The Bertz CT molecular complexity index is 831. The van der Waals surface area contributed by atoms with Crippen LogP contribution < -0.4 is 4.90 Å². The minimum absolute atomic E-state index is 0.526. The highest BCUT2D eigenvalue weighted by atomic mass is 32.2. The maximum Gasteiger partial charge on any atom is 0.318 e. The zero-order valence-corrected chi connectivity index (χ0v) is 14.9. The van der Waals surface area contributed by atoms with E-state index in [2.05, 4.69) is 25.4 Å². The highest BCUT2D eigenvalue weighted by Crippen LogP contribution is 2.25. The Hall–Kier alpha value is -2.35. The van der Waals surface area contributed by atoms with Gasteiger partial charge in [-0.05, 0) is 43.4 Å². The molecule has 0 saturated carbocycles. The summed E-state index contributed by atoms with van der Waals surface area (Å²) in [5, 5.41) is 16.0. The Morgan fingerprint density at radius 1 is 1.20 bits per heavy atom. The second kappa shape index (κ2) is 7.26. The van der Waals surface area contributed by atoms with Crippen molar-refractivity contribution >= 4 is 17.8 Å². The van der Waals surface area contributed by atoms with Gasteiger partial charge in [0.25, 0.3) is 0 Å². The van der Waals surface area contributed by atoms with Crippen LogP contribution in [-0.2, 0) is 25.1 Å². The SMILES string of the molecule is CN(Cc1n[nH]c2c1CCCC2)c1nnc(CSc2ccncc2)o1. The Morgan fingerprint density at radius 3 is 2.92 bits per heavy atom. The van der Waals surface area contributed by atoms with Gasteiger partial charge >= 0.3 is 6.01 Å². The molecular weight excluding hydrogens is 336 g/mol. The lowest BCUT2D eigenvalue weighted by molar-refractivity contribution is 0.506. The molecule has 7 nitrogen and oxygen atoms in total. The Kier molecular flexibility index (Phi) is 4.69. The molecule has 4 rings (SSSR count). The molecule has 0 saturated heterocycles. The van der Waals surface area contributed by atoms with Gasteiger partial charge in [0, 0.05) is 30.0 Å². The van der Waals surface area contributed by atoms with Crippen LogP contribution in [0.1, 0.15) is 35.7 Å². The summed E-state index contributed by atoms with van der Waals surface area (Å²) in [5.41, 5.74) is 3.74. The van der Waals surface area contributed by atoms with Crippen molar-refractivity contribution in [3.05, 3.63) is 47.4 Å². The van der Waals surface area contributed by atoms with E-state index >= 15 is 0 Å². The third kappa shape index (κ3) is 3.68. The van der Waals surface area contributed by atoms with Gasteiger partial charge in [0.05, 0.1) is 18.0 Å². The summed E-state index contributed by atoms with van der Waals surface area (Å²) in [7, 11) is 1.96. The third-order valence-electron chi connectivity index (χ3n) is 4.32. The molecule has 0 aromatic carbocycles. The van der Waals surface area contributed by atoms with E-state index in [0.29, 0.717) is 24.2 Å². The van der Waals surface area contributed by atoms with Crippen LogP contribution in [0.4, 0.5) is 6.01 Å². The summed E-state index contributed by atoms with van der Waals surface area (Å²) in [6, 6.07) is 4.46. The minimum atomic E-state index is 0.526. The van der Waals surface area contributed by atoms with E-state index in [4.69, 9.17) is 4.42 Å². The van der Waals surface area contributed by atoms with Crippen LogP contribution in [-0.4, -0.2) is 32.4 Å². The molecule has 0 bridgehead atoms. The molecule has 0 spiro atoms. The number of pyridine rings is 1. The first-order valence-electron chi connectivity index (χ1n) is 8.41. The smallest absolute Gasteiger partial charge is 0.318 e. The molecule has 0 aliphatic heterocycles. The van der Waals surface area contributed by atoms with Crippen LogP contribution in [0.2, 0.25) is 0 Å². The van der Waals surface area contributed by atoms with Gasteiger partial charge in [0.1, 0.15) is 0 Å². The molecule has 0 unspecified atom stereocenters. The first kappa shape index (κ1) is 16.1. The number of fused-ring (bicyclic) bond motifs is 1. The summed E-state index contributed by atoms with van der Waals surface area (Å²) >= 11 is 1.65. The van der Waals surface area contributed by atoms with Crippen molar-refractivity contribution in [3.63, 3.8) is 0 Å². The summed E-state index contributed by atoms with van der Waals surface area (Å²) in [5.74, 6) is 1.26. The lowest BCUT2D eigenvalue weighted by atomic mass is 9.96. The van der Waals surface area contributed by atoms with Gasteiger partial charge in [-0.1, -0.05) is 5.10 Å². The molecule has 1 aliphatic rings. The van der Waals surface area contributed by atoms with Crippen LogP contribution in [0, 0.1) is 0 Å². The number of aryl methyl sites for hydroxylation is 1. The molecule has 1 aliphatic carbocycles. The van der Waals surface area contributed by atoms with E-state index in [9.17, 15) is 0 Å². The Morgan fingerprint density at radius 2 is 2.04 bits per heavy atom. The van der Waals surface area contributed by atoms with E-state index in [-0.39, 0.29) is 0 Å². The van der Waals surface area contributed by atoms with E-state index < -0.39 is 0 Å². The lowest BCUT2D eigenvalue weighted by Gasteiger charge is -2.15. The molecule has 0 atom stereocenters. The summed E-state index contributed by atoms with van der Waals surface area (Å²) < 4.78 is 5.79. The minimum Gasteiger partial charge on any atom is -0.407 e. The average molecular weight is 356 g/mol. The number of thioether (sulfide) groups is 1. The van der Waals surface area contributed by atoms with Gasteiger partial charge in [0.15, 0.2) is 0 Å². The average Bonchev–Trinajstić information content (AvgIpc) is 3.29. The van der Waals surface area contributed by atoms with Crippen molar-refractivity contribution in [1.29, 1.82) is 0 Å². The summed E-state index contributed by atoms with van der Waals surface area (Å²) in [6.45, 7) is 0.672. The highest BCUT2D eigenvalue weighted by molar-refractivity contribution is 7.98. The molecule has 3 aromatic heterocycles. The van der Waals surface area contributed by atoms with Gasteiger partial charge in [-0.25, -0.2) is 0 Å². The van der Waals surface area contributed by atoms with Crippen molar-refractivity contribution in [3.8, 4) is 0 Å². The standard InChI is InChI=1S/C17H20N6OS/c1-23(10-15-13-4-2-3-5-14(13)19-20-15)17-22-21-16(24-17)11-25-12-6-8-18-9-7-12/h6-9H,2-5,10-11H2,1H3,(H,19,20). The van der Waals surface area contributed by atoms with E-state index in [1.54, 1.807) is 24.2 Å². The van der Waals surface area contributed by atoms with Gasteiger partial charge < -0.3 is 9.32 Å². The second-order valence-corrected chi connectivity index (χ2v) is 7.19. The largest absolute Gasteiger partial charge is 0.407 e. The summed E-state index contributed by atoms with van der Waals surface area (Å²) in [6.07, 6.45) is 8.24. The predicted octanol–water partition coefficient (Wildman–Crippen LogP) is 3.00. The normalized spacial score (nSPS) is 13.6. The number of H-pyrrole nitrogens is 1. The highest BCUT2D eigenvalue weighted by Gasteiger charge is 2.19. The maximum absolute atomic E-state index is 5.79. The first-order chi connectivity index (χ1) is 12.3. The zero-order chi connectivity index (χ0) is 17.1. The molecule has 3 heterocycles. The predicted molar refractivity (Wildman–Crippen MR) is 95.4 cm³/mol. The number of hydrogen-bond acceptors (Lipinski definition) is 7. The van der Waals surface area contributed by atoms with Crippen LogP contribution in [0.5, 0.6) is 0 Å². The van der Waals surface area contributed by atoms with Gasteiger partial charge in [-0.2, -0.15) is 5.10 Å². The topological polar surface area (TPSA) is 83.7 Å². The van der Waals surface area contributed by atoms with Crippen molar-refractivity contribution in [2.45, 2.75) is 42.9 Å². The number of nitrogens with zero attached hydrogens (tertiary/aromatic N) is 5. The molecule has 8 heteroatoms. The molecule has 1 N–H and O–H groups in total. The maximum atomic E-state index is 5.79. The van der Waals surface area contributed by atoms with Crippen LogP contribution in [0.15, 0.2) is 33.8 Å². The fourth-order valence-electron chi connectivity index (χ4n) is 3.01. The van der Waals surface area contributed by atoms with Crippen molar-refractivity contribution < 1.29 is 4.42 Å². The second-order valence-electron chi connectivity index (χ2n) is 6.14. The van der Waals surface area contributed by atoms with Crippen LogP contribution >= 0.6 is 11.8 Å². The van der Waals surface area contributed by atoms with E-state index in [0.717, 1.165) is 23.4 Å². The number of hydrogen-bond donors (Lipinski definition) is 1. The van der Waals surface area contributed by atoms with E-state index in [1.807, 2.05) is 24.1 Å². The first-order valence-corrected chi connectivity index (χ1v) is 9.39. The monoisotopic (exact) mass is 356 g/mol. The molecule has 3 aromatic rings.